The summed E-state index contributed by atoms with van der Waals surface area (Å²) >= 11 is 0. The number of nitrogens with two attached hydrogens (primary N) is 1. The minimum absolute atomic E-state index is 0.160. The van der Waals surface area contributed by atoms with Crippen molar-refractivity contribution in [1.82, 2.24) is 10.1 Å². The smallest absolute Gasteiger partial charge is 0.243 e. The minimum atomic E-state index is -0.208. The summed E-state index contributed by atoms with van der Waals surface area (Å²) in [7, 11) is 1.60. The van der Waals surface area contributed by atoms with Crippen LogP contribution in [0.25, 0.3) is 0 Å². The second-order valence-corrected chi connectivity index (χ2v) is 3.64. The molecule has 1 rings (SSSR count). The second-order valence-electron chi connectivity index (χ2n) is 3.64. The van der Waals surface area contributed by atoms with Gasteiger partial charge in [-0.05, 0) is 12.8 Å². The monoisotopic (exact) mass is 199 g/mol. The van der Waals surface area contributed by atoms with Crippen molar-refractivity contribution in [2.75, 3.05) is 7.11 Å². The zero-order chi connectivity index (χ0) is 10.7. The van der Waals surface area contributed by atoms with Crippen molar-refractivity contribution in [3.05, 3.63) is 11.7 Å². The number of hydrogen-bond donors (Lipinski definition) is 1. The highest BCUT2D eigenvalue weighted by Crippen LogP contribution is 2.19. The van der Waals surface area contributed by atoms with Crippen LogP contribution in [0.1, 0.15) is 44.6 Å². The average molecular weight is 199 g/mol. The second kappa shape index (κ2) is 4.52. The summed E-state index contributed by atoms with van der Waals surface area (Å²) in [5, 5.41) is 3.80. The van der Waals surface area contributed by atoms with Crippen molar-refractivity contribution >= 4 is 0 Å². The summed E-state index contributed by atoms with van der Waals surface area (Å²) in [6.07, 6.45) is -0.160. The Labute approximate surface area is 83.6 Å². The third-order valence-electron chi connectivity index (χ3n) is 2.18. The van der Waals surface area contributed by atoms with Crippen LogP contribution in [0, 0.1) is 5.92 Å². The molecule has 0 aliphatic heterocycles. The highest BCUT2D eigenvalue weighted by molar-refractivity contribution is 4.94. The van der Waals surface area contributed by atoms with Gasteiger partial charge in [0.2, 0.25) is 5.89 Å². The Morgan fingerprint density at radius 3 is 2.50 bits per heavy atom. The van der Waals surface area contributed by atoms with Crippen molar-refractivity contribution in [1.29, 1.82) is 0 Å². The lowest BCUT2D eigenvalue weighted by Crippen LogP contribution is -2.17. The molecule has 5 heteroatoms. The molecule has 14 heavy (non-hydrogen) atoms. The molecule has 2 N–H and O–H groups in total. The average Bonchev–Trinajstić information content (AvgIpc) is 2.64. The first-order chi connectivity index (χ1) is 6.56. The number of methoxy groups -OCH3 is 1. The maximum atomic E-state index is 5.86. The predicted octanol–water partition coefficient (Wildman–Crippen LogP) is 1.43. The van der Waals surface area contributed by atoms with Crippen LogP contribution in [0.4, 0.5) is 0 Å². The number of ether oxygens (including phenoxy) is 1. The van der Waals surface area contributed by atoms with E-state index in [9.17, 15) is 0 Å². The highest BCUT2D eigenvalue weighted by Gasteiger charge is 2.20. The molecule has 0 saturated carbocycles. The zero-order valence-corrected chi connectivity index (χ0v) is 9.02. The lowest BCUT2D eigenvalue weighted by molar-refractivity contribution is 0.109. The van der Waals surface area contributed by atoms with Gasteiger partial charge < -0.3 is 15.0 Å². The van der Waals surface area contributed by atoms with Gasteiger partial charge in [-0.15, -0.1) is 0 Å². The fourth-order valence-electron chi connectivity index (χ4n) is 0.938. The summed E-state index contributed by atoms with van der Waals surface area (Å²) < 4.78 is 10.1. The van der Waals surface area contributed by atoms with Crippen molar-refractivity contribution in [2.24, 2.45) is 11.7 Å². The van der Waals surface area contributed by atoms with Gasteiger partial charge in [0.1, 0.15) is 6.10 Å². The molecule has 0 aromatic carbocycles. The van der Waals surface area contributed by atoms with Crippen LogP contribution in [0.3, 0.4) is 0 Å². The van der Waals surface area contributed by atoms with E-state index in [4.69, 9.17) is 15.0 Å². The molecule has 0 amide bonds. The van der Waals surface area contributed by atoms with Crippen LogP contribution in [0.15, 0.2) is 4.52 Å². The third-order valence-corrected chi connectivity index (χ3v) is 2.18. The number of hydrogen-bond acceptors (Lipinski definition) is 5. The van der Waals surface area contributed by atoms with Gasteiger partial charge in [0.05, 0.1) is 6.04 Å². The molecular formula is C9H17N3O2. The van der Waals surface area contributed by atoms with E-state index in [0.717, 1.165) is 0 Å². The Hall–Kier alpha value is -0.940. The summed E-state index contributed by atoms with van der Waals surface area (Å²) in [6, 6.07) is -0.208. The first kappa shape index (κ1) is 11.1. The molecule has 0 bridgehead atoms. The summed E-state index contributed by atoms with van der Waals surface area (Å²) in [4.78, 5) is 4.17. The zero-order valence-electron chi connectivity index (χ0n) is 9.02. The molecule has 1 heterocycles. The minimum Gasteiger partial charge on any atom is -0.374 e. The van der Waals surface area contributed by atoms with E-state index in [1.807, 2.05) is 20.8 Å². The number of rotatable bonds is 4. The molecule has 0 aliphatic carbocycles. The van der Waals surface area contributed by atoms with Gasteiger partial charge in [0.25, 0.3) is 0 Å². The number of nitrogens with zero attached hydrogens (tertiary/aromatic N) is 2. The Balaban J connectivity index is 2.77. The number of aromatic nitrogens is 2. The largest absolute Gasteiger partial charge is 0.374 e. The van der Waals surface area contributed by atoms with E-state index in [2.05, 4.69) is 10.1 Å². The quantitative estimate of drug-likeness (QED) is 0.794. The van der Waals surface area contributed by atoms with Crippen molar-refractivity contribution in [2.45, 2.75) is 32.9 Å². The van der Waals surface area contributed by atoms with E-state index in [1.54, 1.807) is 7.11 Å². The van der Waals surface area contributed by atoms with Gasteiger partial charge in [-0.25, -0.2) is 0 Å². The lowest BCUT2D eigenvalue weighted by atomic mass is 10.1. The summed E-state index contributed by atoms with van der Waals surface area (Å²) in [6.45, 7) is 5.87. The van der Waals surface area contributed by atoms with Crippen molar-refractivity contribution < 1.29 is 9.26 Å². The Bertz CT molecular complexity index is 285. The maximum Gasteiger partial charge on any atom is 0.243 e. The van der Waals surface area contributed by atoms with Crippen LogP contribution in [-0.4, -0.2) is 17.3 Å². The van der Waals surface area contributed by atoms with Gasteiger partial charge in [-0.1, -0.05) is 19.0 Å². The third kappa shape index (κ3) is 2.30. The molecule has 80 valence electrons. The topological polar surface area (TPSA) is 74.2 Å². The van der Waals surface area contributed by atoms with Gasteiger partial charge in [-0.3, -0.25) is 0 Å². The molecule has 0 radical (unpaired) electrons. The molecule has 0 fully saturated rings. The first-order valence-corrected chi connectivity index (χ1v) is 4.68. The molecule has 0 saturated heterocycles. The van der Waals surface area contributed by atoms with E-state index in [-0.39, 0.29) is 18.1 Å². The van der Waals surface area contributed by atoms with Gasteiger partial charge in [0, 0.05) is 7.11 Å². The van der Waals surface area contributed by atoms with Crippen molar-refractivity contribution in [3.63, 3.8) is 0 Å². The van der Waals surface area contributed by atoms with Gasteiger partial charge >= 0.3 is 0 Å². The maximum absolute atomic E-state index is 5.86. The molecule has 1 aromatic heterocycles. The van der Waals surface area contributed by atoms with Gasteiger partial charge in [0.15, 0.2) is 5.82 Å². The SMILES string of the molecule is COC(C)c1noc(C(N)C(C)C)n1. The van der Waals surface area contributed by atoms with Crippen LogP contribution < -0.4 is 5.73 Å². The standard InChI is InChI=1S/C9H17N3O2/c1-5(2)7(10)9-11-8(12-14-9)6(3)13-4/h5-7H,10H2,1-4H3. The molecule has 0 aliphatic rings. The Morgan fingerprint density at radius 2 is 2.00 bits per heavy atom. The molecule has 1 aromatic rings. The molecule has 5 nitrogen and oxygen atoms in total. The predicted molar refractivity (Wildman–Crippen MR) is 51.5 cm³/mol. The van der Waals surface area contributed by atoms with Gasteiger partial charge in [-0.2, -0.15) is 4.98 Å². The molecule has 2 unspecified atom stereocenters. The Kier molecular flexibility index (Phi) is 3.60. The van der Waals surface area contributed by atoms with Crippen LogP contribution in [0.5, 0.6) is 0 Å². The molecular weight excluding hydrogens is 182 g/mol. The van der Waals surface area contributed by atoms with Crippen molar-refractivity contribution in [3.8, 4) is 0 Å². The molecule has 2 atom stereocenters. The lowest BCUT2D eigenvalue weighted by Gasteiger charge is -2.09. The highest BCUT2D eigenvalue weighted by atomic mass is 16.5. The summed E-state index contributed by atoms with van der Waals surface area (Å²) in [5.74, 6) is 1.29. The first-order valence-electron chi connectivity index (χ1n) is 4.68. The van der Waals surface area contributed by atoms with Crippen LogP contribution in [-0.2, 0) is 4.74 Å². The van der Waals surface area contributed by atoms with Crippen LogP contribution in [0.2, 0.25) is 0 Å². The van der Waals surface area contributed by atoms with E-state index >= 15 is 0 Å². The fraction of sp³-hybridized carbons (Fsp3) is 0.778. The van der Waals surface area contributed by atoms with Crippen LogP contribution >= 0.6 is 0 Å². The fourth-order valence-corrected chi connectivity index (χ4v) is 0.938. The Morgan fingerprint density at radius 1 is 1.36 bits per heavy atom. The normalized spacial score (nSPS) is 15.9. The van der Waals surface area contributed by atoms with E-state index < -0.39 is 0 Å². The summed E-state index contributed by atoms with van der Waals surface area (Å²) in [5.41, 5.74) is 5.86. The van der Waals surface area contributed by atoms with E-state index in [0.29, 0.717) is 11.7 Å². The molecule has 0 spiro atoms. The van der Waals surface area contributed by atoms with E-state index in [1.165, 1.54) is 0 Å².